The number of hydrogen-bond acceptors (Lipinski definition) is 3. The average Bonchev–Trinajstić information content (AvgIpc) is 2.54. The second kappa shape index (κ2) is 8.75. The lowest BCUT2D eigenvalue weighted by Crippen LogP contribution is -2.21. The smallest absolute Gasteiger partial charge is 0.135 e. The van der Waals surface area contributed by atoms with Crippen LogP contribution in [0.5, 0.6) is 0 Å². The molecule has 0 heterocycles. The van der Waals surface area contributed by atoms with Crippen molar-refractivity contribution in [2.24, 2.45) is 0 Å². The van der Waals surface area contributed by atoms with E-state index in [2.05, 4.69) is 0 Å². The highest BCUT2D eigenvalue weighted by atomic mass is 32.2. The van der Waals surface area contributed by atoms with Crippen molar-refractivity contribution in [3.63, 3.8) is 0 Å². The lowest BCUT2D eigenvalue weighted by atomic mass is 10.0. The van der Waals surface area contributed by atoms with Gasteiger partial charge in [-0.2, -0.15) is 0 Å². The van der Waals surface area contributed by atoms with Crippen LogP contribution in [-0.4, -0.2) is 27.0 Å². The molecule has 0 saturated heterocycles. The maximum atomic E-state index is 12.2. The molecule has 0 saturated carbocycles. The molecule has 4 heteroatoms. The van der Waals surface area contributed by atoms with Crippen LogP contribution < -0.4 is 0 Å². The standard InChI is InChI=1S/C19H22O3S/c1-15-7-11-19(12-8-15)23(22)14-18(21)13-17(20)10-9-16-5-3-2-4-6-16/h2-8,11-12,18,21H,9-10,13-14H2,1H3/t18-,23?/m0/s1. The van der Waals surface area contributed by atoms with Gasteiger partial charge >= 0.3 is 0 Å². The third kappa shape index (κ3) is 6.08. The first-order chi connectivity index (χ1) is 11.0. The van der Waals surface area contributed by atoms with Gasteiger partial charge in [0.25, 0.3) is 0 Å². The fourth-order valence-corrected chi connectivity index (χ4v) is 3.41. The molecule has 0 amide bonds. The van der Waals surface area contributed by atoms with Crippen LogP contribution in [0.15, 0.2) is 59.5 Å². The number of ketones is 1. The SMILES string of the molecule is Cc1ccc(S(=O)C[C@@H](O)CC(=O)CCc2ccccc2)cc1. The monoisotopic (exact) mass is 330 g/mol. The fraction of sp³-hybridized carbons (Fsp3) is 0.316. The van der Waals surface area contributed by atoms with Crippen molar-refractivity contribution in [3.8, 4) is 0 Å². The number of benzene rings is 2. The van der Waals surface area contributed by atoms with Gasteiger partial charge in [0.15, 0.2) is 0 Å². The lowest BCUT2D eigenvalue weighted by molar-refractivity contribution is -0.120. The van der Waals surface area contributed by atoms with Crippen LogP contribution in [0.4, 0.5) is 0 Å². The molecule has 0 radical (unpaired) electrons. The van der Waals surface area contributed by atoms with Gasteiger partial charge < -0.3 is 5.11 Å². The highest BCUT2D eigenvalue weighted by molar-refractivity contribution is 7.85. The molecule has 3 nitrogen and oxygen atoms in total. The van der Waals surface area contributed by atoms with Crippen molar-refractivity contribution in [2.45, 2.75) is 37.2 Å². The van der Waals surface area contributed by atoms with Gasteiger partial charge in [0.1, 0.15) is 5.78 Å². The molecule has 122 valence electrons. The Morgan fingerprint density at radius 2 is 1.74 bits per heavy atom. The Morgan fingerprint density at radius 1 is 1.09 bits per heavy atom. The second-order valence-electron chi connectivity index (χ2n) is 5.71. The summed E-state index contributed by atoms with van der Waals surface area (Å²) in [4.78, 5) is 12.6. The van der Waals surface area contributed by atoms with E-state index in [4.69, 9.17) is 0 Å². The molecule has 0 aromatic heterocycles. The first-order valence-electron chi connectivity index (χ1n) is 7.73. The maximum Gasteiger partial charge on any atom is 0.135 e. The number of aryl methyl sites for hydroxylation is 2. The zero-order valence-corrected chi connectivity index (χ0v) is 14.1. The second-order valence-corrected chi connectivity index (χ2v) is 7.20. The first-order valence-corrected chi connectivity index (χ1v) is 9.05. The van der Waals surface area contributed by atoms with E-state index in [1.165, 1.54) is 0 Å². The summed E-state index contributed by atoms with van der Waals surface area (Å²) in [5, 5.41) is 9.99. The molecule has 0 spiro atoms. The Kier molecular flexibility index (Phi) is 6.68. The van der Waals surface area contributed by atoms with Crippen LogP contribution >= 0.6 is 0 Å². The van der Waals surface area contributed by atoms with Crippen LogP contribution in [0.1, 0.15) is 24.0 Å². The summed E-state index contributed by atoms with van der Waals surface area (Å²) < 4.78 is 12.2. The number of rotatable bonds is 8. The van der Waals surface area contributed by atoms with Crippen molar-refractivity contribution in [1.82, 2.24) is 0 Å². The van der Waals surface area contributed by atoms with Crippen LogP contribution in [-0.2, 0) is 22.0 Å². The van der Waals surface area contributed by atoms with E-state index in [-0.39, 0.29) is 18.0 Å². The number of carbonyl (C=O) groups excluding carboxylic acids is 1. The van der Waals surface area contributed by atoms with Gasteiger partial charge in [-0.3, -0.25) is 9.00 Å². The van der Waals surface area contributed by atoms with E-state index in [9.17, 15) is 14.1 Å². The van der Waals surface area contributed by atoms with E-state index in [1.807, 2.05) is 49.4 Å². The van der Waals surface area contributed by atoms with Gasteiger partial charge in [-0.15, -0.1) is 0 Å². The van der Waals surface area contributed by atoms with Crippen LogP contribution in [0.3, 0.4) is 0 Å². The van der Waals surface area contributed by atoms with Crippen molar-refractivity contribution in [2.75, 3.05) is 5.75 Å². The van der Waals surface area contributed by atoms with Crippen LogP contribution in [0, 0.1) is 6.92 Å². The summed E-state index contributed by atoms with van der Waals surface area (Å²) >= 11 is 0. The minimum Gasteiger partial charge on any atom is -0.392 e. The molecular weight excluding hydrogens is 308 g/mol. The minimum absolute atomic E-state index is 0.00209. The molecule has 1 N–H and O–H groups in total. The van der Waals surface area contributed by atoms with Gasteiger partial charge in [0.2, 0.25) is 0 Å². The van der Waals surface area contributed by atoms with E-state index in [0.717, 1.165) is 11.1 Å². The largest absolute Gasteiger partial charge is 0.392 e. The zero-order chi connectivity index (χ0) is 16.7. The Balaban J connectivity index is 1.77. The van der Waals surface area contributed by atoms with E-state index < -0.39 is 16.9 Å². The lowest BCUT2D eigenvalue weighted by Gasteiger charge is -2.10. The minimum atomic E-state index is -1.28. The number of carbonyl (C=O) groups is 1. The molecule has 23 heavy (non-hydrogen) atoms. The number of aliphatic hydroxyl groups excluding tert-OH is 1. The van der Waals surface area contributed by atoms with E-state index in [1.54, 1.807) is 12.1 Å². The first kappa shape index (κ1) is 17.6. The molecule has 2 atom stereocenters. The van der Waals surface area contributed by atoms with Crippen LogP contribution in [0.25, 0.3) is 0 Å². The van der Waals surface area contributed by atoms with Gasteiger partial charge in [0.05, 0.1) is 22.7 Å². The van der Waals surface area contributed by atoms with E-state index in [0.29, 0.717) is 17.7 Å². The molecule has 1 unspecified atom stereocenters. The van der Waals surface area contributed by atoms with Gasteiger partial charge in [-0.1, -0.05) is 48.0 Å². The number of hydrogen-bond donors (Lipinski definition) is 1. The quantitative estimate of drug-likeness (QED) is 0.809. The Hall–Kier alpha value is -1.78. The predicted octanol–water partition coefficient (Wildman–Crippen LogP) is 3.06. The van der Waals surface area contributed by atoms with Crippen molar-refractivity contribution in [1.29, 1.82) is 0 Å². The van der Waals surface area contributed by atoms with Gasteiger partial charge in [-0.05, 0) is 31.0 Å². The van der Waals surface area contributed by atoms with Gasteiger partial charge in [-0.25, -0.2) is 0 Å². The van der Waals surface area contributed by atoms with Crippen molar-refractivity contribution >= 4 is 16.6 Å². The number of aliphatic hydroxyl groups is 1. The fourth-order valence-electron chi connectivity index (χ4n) is 2.31. The Bertz CT molecular complexity index is 650. The molecule has 2 aromatic rings. The summed E-state index contributed by atoms with van der Waals surface area (Å²) in [5.41, 5.74) is 2.21. The summed E-state index contributed by atoms with van der Waals surface area (Å²) in [7, 11) is -1.28. The molecule has 0 bridgehead atoms. The summed E-state index contributed by atoms with van der Waals surface area (Å²) in [6.07, 6.45) is 0.274. The molecule has 0 fully saturated rings. The molecule has 0 aliphatic carbocycles. The third-order valence-electron chi connectivity index (χ3n) is 3.63. The highest BCUT2D eigenvalue weighted by Crippen LogP contribution is 2.11. The summed E-state index contributed by atoms with van der Waals surface area (Å²) in [5.74, 6) is 0.0995. The van der Waals surface area contributed by atoms with E-state index >= 15 is 0 Å². The normalized spacial score (nSPS) is 13.5. The molecular formula is C19H22O3S. The summed E-state index contributed by atoms with van der Waals surface area (Å²) in [6.45, 7) is 1.97. The topological polar surface area (TPSA) is 54.4 Å². The number of Topliss-reactive ketones (excluding diaryl/α,β-unsaturated/α-hetero) is 1. The summed E-state index contributed by atoms with van der Waals surface area (Å²) in [6, 6.07) is 17.2. The Labute approximate surface area is 139 Å². The molecule has 0 aliphatic heterocycles. The predicted molar refractivity (Wildman–Crippen MR) is 92.8 cm³/mol. The van der Waals surface area contributed by atoms with Gasteiger partial charge in [0, 0.05) is 17.7 Å². The molecule has 0 aliphatic rings. The van der Waals surface area contributed by atoms with Crippen molar-refractivity contribution < 1.29 is 14.1 Å². The highest BCUT2D eigenvalue weighted by Gasteiger charge is 2.15. The molecule has 2 rings (SSSR count). The third-order valence-corrected chi connectivity index (χ3v) is 5.11. The average molecular weight is 330 g/mol. The van der Waals surface area contributed by atoms with Crippen molar-refractivity contribution in [3.05, 3.63) is 65.7 Å². The Morgan fingerprint density at radius 3 is 2.39 bits per heavy atom. The maximum absolute atomic E-state index is 12.2. The van der Waals surface area contributed by atoms with Crippen LogP contribution in [0.2, 0.25) is 0 Å². The zero-order valence-electron chi connectivity index (χ0n) is 13.3. The molecule has 2 aromatic carbocycles.